The number of hydrogen-bond donors (Lipinski definition) is 4. The van der Waals surface area contributed by atoms with Crippen LogP contribution in [-0.2, 0) is 14.8 Å². The van der Waals surface area contributed by atoms with Gasteiger partial charge in [-0.3, -0.25) is 4.79 Å². The first kappa shape index (κ1) is 14.8. The highest BCUT2D eigenvalue weighted by Gasteiger charge is 2.27. The third kappa shape index (κ3) is 3.92. The van der Waals surface area contributed by atoms with Crippen LogP contribution < -0.4 is 15.8 Å². The Morgan fingerprint density at radius 2 is 1.95 bits per heavy atom. The second-order valence-electron chi connectivity index (χ2n) is 4.72. The molecule has 1 unspecified atom stereocenters. The van der Waals surface area contributed by atoms with Crippen LogP contribution in [0.1, 0.15) is 12.8 Å². The molecule has 2 rings (SSSR count). The van der Waals surface area contributed by atoms with Crippen LogP contribution in [0.5, 0.6) is 0 Å². The molecule has 0 aromatic heterocycles. The maximum absolute atomic E-state index is 11.9. The number of benzene rings is 1. The Balaban J connectivity index is 1.97. The normalized spacial score (nSPS) is 16.6. The van der Waals surface area contributed by atoms with Crippen LogP contribution in [0.15, 0.2) is 29.2 Å². The van der Waals surface area contributed by atoms with Crippen LogP contribution in [0.3, 0.4) is 0 Å². The molecule has 0 spiro atoms. The number of primary amides is 1. The average molecular weight is 299 g/mol. The number of anilines is 1. The Kier molecular flexibility index (Phi) is 4.26. The van der Waals surface area contributed by atoms with E-state index in [1.807, 2.05) is 0 Å². The molecule has 7 nitrogen and oxygen atoms in total. The highest BCUT2D eigenvalue weighted by atomic mass is 32.2. The molecule has 5 N–H and O–H groups in total. The molecule has 0 bridgehead atoms. The zero-order valence-corrected chi connectivity index (χ0v) is 11.6. The number of nitrogens with one attached hydrogen (secondary N) is 2. The first-order valence-electron chi connectivity index (χ1n) is 6.22. The Morgan fingerprint density at radius 3 is 2.45 bits per heavy atom. The molecule has 110 valence electrons. The van der Waals surface area contributed by atoms with E-state index in [9.17, 15) is 18.3 Å². The first-order valence-corrected chi connectivity index (χ1v) is 7.70. The zero-order chi connectivity index (χ0) is 14.8. The molecule has 20 heavy (non-hydrogen) atoms. The number of carbonyl (C=O) groups excluding carboxylic acids is 1. The predicted molar refractivity (Wildman–Crippen MR) is 73.5 cm³/mol. The van der Waals surface area contributed by atoms with Crippen molar-refractivity contribution >= 4 is 21.6 Å². The molecule has 0 aliphatic heterocycles. The zero-order valence-electron chi connectivity index (χ0n) is 10.7. The lowest BCUT2D eigenvalue weighted by Gasteiger charge is -2.10. The fourth-order valence-corrected chi connectivity index (χ4v) is 2.86. The monoisotopic (exact) mass is 299 g/mol. The van der Waals surface area contributed by atoms with Gasteiger partial charge in [0.1, 0.15) is 6.10 Å². The summed E-state index contributed by atoms with van der Waals surface area (Å²) in [7, 11) is -3.46. The average Bonchev–Trinajstić information content (AvgIpc) is 3.19. The number of rotatable bonds is 7. The van der Waals surface area contributed by atoms with Gasteiger partial charge >= 0.3 is 0 Å². The van der Waals surface area contributed by atoms with E-state index in [2.05, 4.69) is 10.0 Å². The summed E-state index contributed by atoms with van der Waals surface area (Å²) >= 11 is 0. The van der Waals surface area contributed by atoms with Crippen LogP contribution in [0, 0.1) is 0 Å². The molecular weight excluding hydrogens is 282 g/mol. The van der Waals surface area contributed by atoms with E-state index in [4.69, 9.17) is 5.73 Å². The van der Waals surface area contributed by atoms with Gasteiger partial charge in [-0.1, -0.05) is 0 Å². The lowest BCUT2D eigenvalue weighted by atomic mass is 10.3. The van der Waals surface area contributed by atoms with Crippen molar-refractivity contribution in [2.24, 2.45) is 5.73 Å². The molecule has 1 aliphatic carbocycles. The SMILES string of the molecule is NC(=O)C(O)CNc1ccc(S(=O)(=O)NC2CC2)cc1. The van der Waals surface area contributed by atoms with E-state index in [1.165, 1.54) is 12.1 Å². The molecule has 1 amide bonds. The van der Waals surface area contributed by atoms with Gasteiger partial charge in [0.05, 0.1) is 4.90 Å². The van der Waals surface area contributed by atoms with Gasteiger partial charge < -0.3 is 16.2 Å². The van der Waals surface area contributed by atoms with Crippen molar-refractivity contribution in [3.05, 3.63) is 24.3 Å². The number of amides is 1. The molecule has 1 aromatic carbocycles. The molecular formula is C12H17N3O4S. The van der Waals surface area contributed by atoms with Crippen LogP contribution in [0.25, 0.3) is 0 Å². The third-order valence-corrected chi connectivity index (χ3v) is 4.43. The van der Waals surface area contributed by atoms with Gasteiger partial charge in [0.2, 0.25) is 15.9 Å². The van der Waals surface area contributed by atoms with Crippen molar-refractivity contribution in [2.45, 2.75) is 29.9 Å². The Hall–Kier alpha value is -1.64. The maximum atomic E-state index is 11.9. The van der Waals surface area contributed by atoms with Crippen LogP contribution in [0.4, 0.5) is 5.69 Å². The van der Waals surface area contributed by atoms with Crippen LogP contribution in [0.2, 0.25) is 0 Å². The summed E-state index contributed by atoms with van der Waals surface area (Å²) in [5.41, 5.74) is 5.51. The quantitative estimate of drug-likeness (QED) is 0.535. The van der Waals surface area contributed by atoms with Crippen molar-refractivity contribution in [1.29, 1.82) is 0 Å². The summed E-state index contributed by atoms with van der Waals surface area (Å²) < 4.78 is 26.4. The van der Waals surface area contributed by atoms with Gasteiger partial charge in [0, 0.05) is 18.3 Å². The van der Waals surface area contributed by atoms with Crippen molar-refractivity contribution in [2.75, 3.05) is 11.9 Å². The van der Waals surface area contributed by atoms with E-state index in [0.717, 1.165) is 12.8 Å². The second kappa shape index (κ2) is 5.78. The van der Waals surface area contributed by atoms with Gasteiger partial charge in [-0.25, -0.2) is 13.1 Å². The van der Waals surface area contributed by atoms with Crippen molar-refractivity contribution in [3.8, 4) is 0 Å². The molecule has 1 fully saturated rings. The van der Waals surface area contributed by atoms with Crippen molar-refractivity contribution < 1.29 is 18.3 Å². The molecule has 8 heteroatoms. The number of aliphatic hydroxyl groups excluding tert-OH is 1. The molecule has 1 saturated carbocycles. The molecule has 0 radical (unpaired) electrons. The van der Waals surface area contributed by atoms with Crippen molar-refractivity contribution in [3.63, 3.8) is 0 Å². The minimum atomic E-state index is -3.46. The fourth-order valence-electron chi connectivity index (χ4n) is 1.56. The van der Waals surface area contributed by atoms with E-state index < -0.39 is 22.0 Å². The van der Waals surface area contributed by atoms with Crippen LogP contribution in [-0.4, -0.2) is 38.1 Å². The van der Waals surface area contributed by atoms with Gasteiger partial charge in [-0.05, 0) is 37.1 Å². The number of hydrogen-bond acceptors (Lipinski definition) is 5. The lowest BCUT2D eigenvalue weighted by molar-refractivity contribution is -0.125. The minimum absolute atomic E-state index is 0.0260. The number of aliphatic hydroxyl groups is 1. The lowest BCUT2D eigenvalue weighted by Crippen LogP contribution is -2.34. The summed E-state index contributed by atoms with van der Waals surface area (Å²) in [5.74, 6) is -0.815. The summed E-state index contributed by atoms with van der Waals surface area (Å²) in [5, 5.41) is 12.0. The Labute approximate surface area is 117 Å². The molecule has 1 aromatic rings. The van der Waals surface area contributed by atoms with E-state index in [1.54, 1.807) is 12.1 Å². The summed E-state index contributed by atoms with van der Waals surface area (Å²) in [6.45, 7) is -0.0260. The summed E-state index contributed by atoms with van der Waals surface area (Å²) in [6, 6.07) is 6.11. The molecule has 1 aliphatic rings. The number of carbonyl (C=O) groups is 1. The highest BCUT2D eigenvalue weighted by molar-refractivity contribution is 7.89. The van der Waals surface area contributed by atoms with E-state index in [-0.39, 0.29) is 17.5 Å². The fraction of sp³-hybridized carbons (Fsp3) is 0.417. The third-order valence-electron chi connectivity index (χ3n) is 2.89. The topological polar surface area (TPSA) is 122 Å². The number of sulfonamides is 1. The van der Waals surface area contributed by atoms with Crippen LogP contribution >= 0.6 is 0 Å². The molecule has 0 heterocycles. The second-order valence-corrected chi connectivity index (χ2v) is 6.43. The molecule has 1 atom stereocenters. The Bertz CT molecular complexity index is 581. The minimum Gasteiger partial charge on any atom is -0.382 e. The highest BCUT2D eigenvalue weighted by Crippen LogP contribution is 2.22. The van der Waals surface area contributed by atoms with Gasteiger partial charge in [-0.15, -0.1) is 0 Å². The largest absolute Gasteiger partial charge is 0.382 e. The van der Waals surface area contributed by atoms with Crippen molar-refractivity contribution in [1.82, 2.24) is 4.72 Å². The number of nitrogens with two attached hydrogens (primary N) is 1. The molecule has 0 saturated heterocycles. The maximum Gasteiger partial charge on any atom is 0.248 e. The van der Waals surface area contributed by atoms with E-state index in [0.29, 0.717) is 5.69 Å². The van der Waals surface area contributed by atoms with Gasteiger partial charge in [0.25, 0.3) is 0 Å². The predicted octanol–water partition coefficient (Wildman–Crippen LogP) is -0.615. The summed E-state index contributed by atoms with van der Waals surface area (Å²) in [4.78, 5) is 10.8. The smallest absolute Gasteiger partial charge is 0.248 e. The summed E-state index contributed by atoms with van der Waals surface area (Å²) in [6.07, 6.45) is 0.475. The van der Waals surface area contributed by atoms with E-state index >= 15 is 0 Å². The Morgan fingerprint density at radius 1 is 1.35 bits per heavy atom. The first-order chi connectivity index (χ1) is 9.38. The van der Waals surface area contributed by atoms with Gasteiger partial charge in [0.15, 0.2) is 0 Å². The van der Waals surface area contributed by atoms with Gasteiger partial charge in [-0.2, -0.15) is 0 Å². The standard InChI is InChI=1S/C12H17N3O4S/c13-12(17)11(16)7-14-8-3-5-10(6-4-8)20(18,19)15-9-1-2-9/h3-6,9,11,14-16H,1-2,7H2,(H2,13,17).